The minimum Gasteiger partial charge on any atom is -0.459 e. The van der Waals surface area contributed by atoms with Crippen LogP contribution in [0.1, 0.15) is 16.1 Å². The van der Waals surface area contributed by atoms with Crippen LogP contribution in [-0.4, -0.2) is 16.9 Å². The van der Waals surface area contributed by atoms with Crippen molar-refractivity contribution in [2.75, 3.05) is 0 Å². The van der Waals surface area contributed by atoms with Gasteiger partial charge in [0, 0.05) is 11.1 Å². The second-order valence-corrected chi connectivity index (χ2v) is 6.27. The van der Waals surface area contributed by atoms with Crippen LogP contribution in [0.15, 0.2) is 70.3 Å². The number of hydrogen-bond donors (Lipinski definition) is 2. The van der Waals surface area contributed by atoms with Crippen LogP contribution in [0.25, 0.3) is 0 Å². The van der Waals surface area contributed by atoms with Gasteiger partial charge < -0.3 is 9.15 Å². The van der Waals surface area contributed by atoms with Crippen LogP contribution in [0.2, 0.25) is 0 Å². The number of benzene rings is 1. The lowest BCUT2D eigenvalue weighted by Gasteiger charge is -2.12. The van der Waals surface area contributed by atoms with E-state index in [2.05, 4.69) is 15.0 Å². The molecule has 7 nitrogen and oxygen atoms in total. The first kappa shape index (κ1) is 20.3. The van der Waals surface area contributed by atoms with Crippen LogP contribution in [0.5, 0.6) is 11.6 Å². The van der Waals surface area contributed by atoms with Crippen molar-refractivity contribution in [1.82, 2.24) is 15.0 Å². The summed E-state index contributed by atoms with van der Waals surface area (Å²) in [6, 6.07) is 10.1. The van der Waals surface area contributed by atoms with E-state index in [1.54, 1.807) is 0 Å². The fourth-order valence-corrected chi connectivity index (χ4v) is 2.61. The van der Waals surface area contributed by atoms with Gasteiger partial charge in [0.05, 0.1) is 6.26 Å². The molecule has 150 valence electrons. The standard InChI is InChI=1S/C18H12F3N3O4S/c19-18(20,21)13-3-1-9-22-16(13)28-11-5-7-12(8-6-11)29-24-17(26)23-15(25)14-4-2-10-27-14/h1-10H,(H2,23,24,25,26). The predicted molar refractivity (Wildman–Crippen MR) is 96.3 cm³/mol. The summed E-state index contributed by atoms with van der Waals surface area (Å²) < 4.78 is 51.4. The molecule has 3 amide bonds. The summed E-state index contributed by atoms with van der Waals surface area (Å²) in [4.78, 5) is 27.6. The quantitative estimate of drug-likeness (QED) is 0.581. The van der Waals surface area contributed by atoms with E-state index in [1.165, 1.54) is 54.9 Å². The molecule has 0 saturated heterocycles. The molecule has 2 N–H and O–H groups in total. The van der Waals surface area contributed by atoms with Gasteiger partial charge in [0.2, 0.25) is 5.88 Å². The number of carbonyl (C=O) groups is 2. The van der Waals surface area contributed by atoms with E-state index >= 15 is 0 Å². The lowest BCUT2D eigenvalue weighted by molar-refractivity contribution is -0.138. The van der Waals surface area contributed by atoms with Crippen molar-refractivity contribution in [3.8, 4) is 11.6 Å². The molecule has 0 bridgehead atoms. The number of halogens is 3. The van der Waals surface area contributed by atoms with Crippen LogP contribution in [0.3, 0.4) is 0 Å². The third-order valence-corrected chi connectivity index (χ3v) is 4.14. The Balaban J connectivity index is 1.56. The second-order valence-electron chi connectivity index (χ2n) is 5.39. The summed E-state index contributed by atoms with van der Waals surface area (Å²) in [6.45, 7) is 0. The maximum Gasteiger partial charge on any atom is 0.421 e. The molecule has 0 spiro atoms. The Morgan fingerprint density at radius 1 is 1.07 bits per heavy atom. The Kier molecular flexibility index (Phi) is 6.07. The zero-order chi connectivity index (χ0) is 20.9. The highest BCUT2D eigenvalue weighted by atomic mass is 32.2. The van der Waals surface area contributed by atoms with Gasteiger partial charge in [0.15, 0.2) is 5.76 Å². The lowest BCUT2D eigenvalue weighted by atomic mass is 10.2. The number of urea groups is 1. The molecule has 0 aliphatic rings. The van der Waals surface area contributed by atoms with E-state index < -0.39 is 29.6 Å². The molecule has 0 atom stereocenters. The number of nitrogens with zero attached hydrogens (tertiary/aromatic N) is 1. The summed E-state index contributed by atoms with van der Waals surface area (Å²) in [5.41, 5.74) is -0.988. The number of hydrogen-bond acceptors (Lipinski definition) is 6. The van der Waals surface area contributed by atoms with Crippen molar-refractivity contribution in [1.29, 1.82) is 0 Å². The molecular weight excluding hydrogens is 411 g/mol. The highest BCUT2D eigenvalue weighted by Gasteiger charge is 2.35. The predicted octanol–water partition coefficient (Wildman–Crippen LogP) is 4.63. The SMILES string of the molecule is O=C(NSc1ccc(Oc2ncccc2C(F)(F)F)cc1)NC(=O)c1ccco1. The fourth-order valence-electron chi connectivity index (χ4n) is 2.08. The van der Waals surface area contributed by atoms with Gasteiger partial charge >= 0.3 is 12.2 Å². The summed E-state index contributed by atoms with van der Waals surface area (Å²) in [5.74, 6) is -1.14. The molecule has 11 heteroatoms. The first-order valence-corrected chi connectivity index (χ1v) is 8.76. The van der Waals surface area contributed by atoms with E-state index in [1.807, 2.05) is 0 Å². The molecule has 0 fully saturated rings. The van der Waals surface area contributed by atoms with E-state index in [0.29, 0.717) is 4.90 Å². The summed E-state index contributed by atoms with van der Waals surface area (Å²) in [7, 11) is 0. The average Bonchev–Trinajstić information content (AvgIpc) is 3.22. The Bertz CT molecular complexity index is 992. The summed E-state index contributed by atoms with van der Waals surface area (Å²) in [6.07, 6.45) is -2.10. The number of alkyl halides is 3. The van der Waals surface area contributed by atoms with Crippen molar-refractivity contribution in [3.05, 3.63) is 72.3 Å². The molecular formula is C18H12F3N3O4S. The zero-order valence-electron chi connectivity index (χ0n) is 14.4. The number of amides is 3. The van der Waals surface area contributed by atoms with Gasteiger partial charge in [-0.1, -0.05) is 0 Å². The number of aromatic nitrogens is 1. The number of pyridine rings is 1. The monoisotopic (exact) mass is 423 g/mol. The van der Waals surface area contributed by atoms with Crippen LogP contribution < -0.4 is 14.8 Å². The molecule has 0 saturated carbocycles. The maximum atomic E-state index is 13.0. The van der Waals surface area contributed by atoms with Gasteiger partial charge in [-0.2, -0.15) is 13.2 Å². The van der Waals surface area contributed by atoms with Crippen molar-refractivity contribution in [2.45, 2.75) is 11.1 Å². The normalized spacial score (nSPS) is 11.0. The Morgan fingerprint density at radius 2 is 1.83 bits per heavy atom. The largest absolute Gasteiger partial charge is 0.459 e. The number of imide groups is 1. The minimum atomic E-state index is -4.59. The van der Waals surface area contributed by atoms with Crippen molar-refractivity contribution < 1.29 is 31.9 Å². The third-order valence-electron chi connectivity index (χ3n) is 3.35. The van der Waals surface area contributed by atoms with Crippen molar-refractivity contribution in [3.63, 3.8) is 0 Å². The number of ether oxygens (including phenoxy) is 1. The van der Waals surface area contributed by atoms with Gasteiger partial charge in [-0.3, -0.25) is 14.8 Å². The van der Waals surface area contributed by atoms with Crippen molar-refractivity contribution in [2.24, 2.45) is 0 Å². The first-order valence-electron chi connectivity index (χ1n) is 7.95. The van der Waals surface area contributed by atoms with Crippen molar-refractivity contribution >= 4 is 23.9 Å². The third kappa shape index (κ3) is 5.51. The van der Waals surface area contributed by atoms with Crippen LogP contribution in [0.4, 0.5) is 18.0 Å². The molecule has 0 unspecified atom stereocenters. The number of rotatable bonds is 5. The molecule has 2 aromatic heterocycles. The van der Waals surface area contributed by atoms with E-state index in [0.717, 1.165) is 18.0 Å². The van der Waals surface area contributed by atoms with Gasteiger partial charge in [-0.05, 0) is 60.5 Å². The van der Waals surface area contributed by atoms with Gasteiger partial charge in [-0.25, -0.2) is 9.78 Å². The minimum absolute atomic E-state index is 0.0144. The number of furan rings is 1. The Labute approximate surface area is 166 Å². The average molecular weight is 423 g/mol. The van der Waals surface area contributed by atoms with Crippen LogP contribution >= 0.6 is 11.9 Å². The fraction of sp³-hybridized carbons (Fsp3) is 0.0556. The Morgan fingerprint density at radius 3 is 2.48 bits per heavy atom. The lowest BCUT2D eigenvalue weighted by Crippen LogP contribution is -2.36. The Hall–Kier alpha value is -3.47. The molecule has 29 heavy (non-hydrogen) atoms. The van der Waals surface area contributed by atoms with E-state index in [-0.39, 0.29) is 11.5 Å². The molecule has 0 aliphatic heterocycles. The molecule has 1 aromatic carbocycles. The zero-order valence-corrected chi connectivity index (χ0v) is 15.2. The molecule has 3 rings (SSSR count). The maximum absolute atomic E-state index is 13.0. The van der Waals surface area contributed by atoms with Gasteiger partial charge in [-0.15, -0.1) is 0 Å². The molecule has 2 heterocycles. The van der Waals surface area contributed by atoms with Crippen LogP contribution in [-0.2, 0) is 6.18 Å². The highest BCUT2D eigenvalue weighted by molar-refractivity contribution is 7.98. The number of nitrogens with one attached hydrogen (secondary N) is 2. The van der Waals surface area contributed by atoms with Gasteiger partial charge in [0.1, 0.15) is 11.3 Å². The van der Waals surface area contributed by atoms with Crippen LogP contribution in [0, 0.1) is 0 Å². The highest BCUT2D eigenvalue weighted by Crippen LogP contribution is 2.36. The van der Waals surface area contributed by atoms with Gasteiger partial charge in [0.25, 0.3) is 5.91 Å². The summed E-state index contributed by atoms with van der Waals surface area (Å²) >= 11 is 0.894. The summed E-state index contributed by atoms with van der Waals surface area (Å²) in [5, 5.41) is 2.07. The molecule has 0 aliphatic carbocycles. The van der Waals surface area contributed by atoms with E-state index in [9.17, 15) is 22.8 Å². The molecule has 0 radical (unpaired) electrons. The number of carbonyl (C=O) groups excluding carboxylic acids is 2. The second kappa shape index (κ2) is 8.69. The van der Waals surface area contributed by atoms with E-state index in [4.69, 9.17) is 9.15 Å². The topological polar surface area (TPSA) is 93.5 Å². The first-order chi connectivity index (χ1) is 13.8. The molecule has 3 aromatic rings. The smallest absolute Gasteiger partial charge is 0.421 e.